The quantitative estimate of drug-likeness (QED) is 0.238. The molecule has 0 aromatic carbocycles. The Bertz CT molecular complexity index is 883. The number of rotatable bonds is 0. The lowest BCUT2D eigenvalue weighted by molar-refractivity contribution is 0.0749. The van der Waals surface area contributed by atoms with E-state index in [9.17, 15) is 5.21 Å². The van der Waals surface area contributed by atoms with E-state index in [2.05, 4.69) is 37.2 Å². The van der Waals surface area contributed by atoms with Crippen molar-refractivity contribution >= 4 is 0 Å². The Kier molecular flexibility index (Phi) is 7.19. The molecule has 16 unspecified atom stereocenters. The predicted octanol–water partition coefficient (Wildman–Crippen LogP) is 2.82. The van der Waals surface area contributed by atoms with Gasteiger partial charge in [0.15, 0.2) is 0 Å². The molecule has 5 saturated heterocycles. The van der Waals surface area contributed by atoms with Gasteiger partial charge in [0.1, 0.15) is 0 Å². The maximum atomic E-state index is 14.5. The Hall–Kier alpha value is -0.360. The molecule has 0 amide bonds. The Morgan fingerprint density at radius 3 is 0.829 bits per heavy atom. The molecule has 8 bridgehead atoms. The second-order valence-corrected chi connectivity index (χ2v) is 15.7. The molecule has 4 aliphatic carbocycles. The van der Waals surface area contributed by atoms with Crippen LogP contribution >= 0.6 is 0 Å². The average molecular weight is 568 g/mol. The van der Waals surface area contributed by atoms with E-state index in [1.54, 1.807) is 5.06 Å². The molecule has 9 fully saturated rings. The summed E-state index contributed by atoms with van der Waals surface area (Å²) in [6.07, 6.45) is 22.3. The van der Waals surface area contributed by atoms with E-state index >= 15 is 0 Å². The van der Waals surface area contributed by atoms with E-state index in [4.69, 9.17) is 0 Å². The molecule has 230 valence electrons. The first-order chi connectivity index (χ1) is 20.2. The molecule has 9 nitrogen and oxygen atoms in total. The molecule has 0 aromatic rings. The number of hydrogen-bond donors (Lipinski definition) is 7. The van der Waals surface area contributed by atoms with E-state index in [-0.39, 0.29) is 24.7 Å². The standard InChI is InChI=1S/C32H55N8O/c41-40-31-23-15-7-5-13-21(23)29(38-31)36-27-19-11-3-1-9-17(19)25(34-27)33-26-18-10-2-4-12-20(18)28(35-26)37-30-22-14-6-8-16-24(22)32(40)39-30/h17-39H,1-16H2/q-1. The highest BCUT2D eigenvalue weighted by atomic mass is 16.5. The summed E-state index contributed by atoms with van der Waals surface area (Å²) in [6.45, 7) is 0. The van der Waals surface area contributed by atoms with Crippen LogP contribution in [0.3, 0.4) is 0 Å². The third kappa shape index (κ3) is 4.51. The minimum atomic E-state index is -0.0845. The van der Waals surface area contributed by atoms with Gasteiger partial charge in [0, 0.05) is 0 Å². The van der Waals surface area contributed by atoms with Crippen LogP contribution in [-0.4, -0.2) is 54.4 Å². The van der Waals surface area contributed by atoms with Crippen molar-refractivity contribution in [1.82, 2.24) is 42.3 Å². The van der Waals surface area contributed by atoms with Gasteiger partial charge in [-0.25, -0.2) is 0 Å². The minimum absolute atomic E-state index is 0.0845. The van der Waals surface area contributed by atoms with Gasteiger partial charge in [-0.05, 0) is 98.7 Å². The molecule has 41 heavy (non-hydrogen) atoms. The molecule has 9 heteroatoms. The number of fused-ring (bicyclic) bond motifs is 20. The van der Waals surface area contributed by atoms with Crippen molar-refractivity contribution in [2.75, 3.05) is 0 Å². The minimum Gasteiger partial charge on any atom is -0.783 e. The third-order valence-electron chi connectivity index (χ3n) is 13.9. The molecule has 7 N–H and O–H groups in total. The van der Waals surface area contributed by atoms with E-state index in [1.807, 2.05) is 0 Å². The second-order valence-electron chi connectivity index (χ2n) is 15.7. The van der Waals surface area contributed by atoms with Gasteiger partial charge in [0.25, 0.3) is 0 Å². The van der Waals surface area contributed by atoms with Gasteiger partial charge in [-0.2, -0.15) is 0 Å². The van der Waals surface area contributed by atoms with E-state index in [1.165, 1.54) is 103 Å². The fourth-order valence-corrected chi connectivity index (χ4v) is 12.1. The Morgan fingerprint density at radius 1 is 0.317 bits per heavy atom. The third-order valence-corrected chi connectivity index (χ3v) is 13.9. The lowest BCUT2D eigenvalue weighted by Crippen LogP contribution is -2.61. The van der Waals surface area contributed by atoms with Crippen molar-refractivity contribution in [2.24, 2.45) is 47.3 Å². The first-order valence-electron chi connectivity index (χ1n) is 18.0. The highest BCUT2D eigenvalue weighted by Crippen LogP contribution is 2.47. The Labute approximate surface area is 246 Å². The normalized spacial score (nSPS) is 57.0. The van der Waals surface area contributed by atoms with Crippen LogP contribution in [0.2, 0.25) is 0 Å². The summed E-state index contributed by atoms with van der Waals surface area (Å²) in [5.74, 6) is 4.70. The zero-order valence-electron chi connectivity index (χ0n) is 24.9. The summed E-state index contributed by atoms with van der Waals surface area (Å²) in [5, 5.41) is 44.8. The summed E-state index contributed by atoms with van der Waals surface area (Å²) >= 11 is 0. The molecule has 5 aliphatic heterocycles. The van der Waals surface area contributed by atoms with Gasteiger partial charge in [-0.1, -0.05) is 51.4 Å². The van der Waals surface area contributed by atoms with Crippen molar-refractivity contribution in [1.29, 1.82) is 0 Å². The van der Waals surface area contributed by atoms with Crippen molar-refractivity contribution in [2.45, 2.75) is 152 Å². The molecular formula is C32H55N8O-. The summed E-state index contributed by atoms with van der Waals surface area (Å²) in [6, 6.07) is 0. The van der Waals surface area contributed by atoms with Gasteiger partial charge in [0.05, 0.1) is 49.3 Å². The maximum absolute atomic E-state index is 14.5. The zero-order valence-corrected chi connectivity index (χ0v) is 24.9. The van der Waals surface area contributed by atoms with Crippen molar-refractivity contribution in [3.05, 3.63) is 5.21 Å². The smallest absolute Gasteiger partial charge is 0.0628 e. The van der Waals surface area contributed by atoms with Gasteiger partial charge in [-0.3, -0.25) is 37.2 Å². The van der Waals surface area contributed by atoms with E-state index < -0.39 is 0 Å². The summed E-state index contributed by atoms with van der Waals surface area (Å²) in [5.41, 5.74) is 0. The van der Waals surface area contributed by atoms with Gasteiger partial charge in [0.2, 0.25) is 0 Å². The number of hydroxylamine groups is 2. The fourth-order valence-electron chi connectivity index (χ4n) is 12.1. The van der Waals surface area contributed by atoms with Gasteiger partial charge in [-0.15, -0.1) is 0 Å². The first-order valence-corrected chi connectivity index (χ1v) is 18.0. The topological polar surface area (TPSA) is 111 Å². The fraction of sp³-hybridized carbons (Fsp3) is 1.00. The zero-order chi connectivity index (χ0) is 27.1. The maximum Gasteiger partial charge on any atom is 0.0628 e. The SMILES string of the molecule is [O-]N1C2NC(NC3NC(NC4NC(NC5NC1C1CCCCC51)C1CCCCC41)C1CCCCC31)C1CCCCC12. The molecule has 0 radical (unpaired) electrons. The van der Waals surface area contributed by atoms with Crippen molar-refractivity contribution in [3.63, 3.8) is 0 Å². The van der Waals surface area contributed by atoms with Crippen LogP contribution in [-0.2, 0) is 0 Å². The summed E-state index contributed by atoms with van der Waals surface area (Å²) in [4.78, 5) is 0. The first kappa shape index (κ1) is 27.0. The Morgan fingerprint density at radius 2 is 0.537 bits per heavy atom. The Balaban J connectivity index is 1.07. The largest absolute Gasteiger partial charge is 0.783 e. The van der Waals surface area contributed by atoms with Crippen LogP contribution in [0.1, 0.15) is 103 Å². The predicted molar refractivity (Wildman–Crippen MR) is 159 cm³/mol. The average Bonchev–Trinajstić information content (AvgIpc) is 3.76. The number of nitrogens with zero attached hydrogens (tertiary/aromatic N) is 1. The molecule has 0 aromatic heterocycles. The molecule has 9 rings (SSSR count). The lowest BCUT2D eigenvalue weighted by atomic mass is 9.76. The molecule has 4 saturated carbocycles. The monoisotopic (exact) mass is 567 g/mol. The van der Waals surface area contributed by atoms with Crippen LogP contribution in [0.15, 0.2) is 0 Å². The molecular weight excluding hydrogens is 512 g/mol. The van der Waals surface area contributed by atoms with Crippen LogP contribution in [0.4, 0.5) is 0 Å². The number of nitrogens with one attached hydrogen (secondary N) is 7. The van der Waals surface area contributed by atoms with Gasteiger partial charge >= 0.3 is 0 Å². The van der Waals surface area contributed by atoms with Crippen LogP contribution in [0.5, 0.6) is 0 Å². The highest BCUT2D eigenvalue weighted by molar-refractivity contribution is 5.09. The van der Waals surface area contributed by atoms with Crippen molar-refractivity contribution in [3.8, 4) is 0 Å². The highest BCUT2D eigenvalue weighted by Gasteiger charge is 2.54. The molecule has 9 aliphatic rings. The van der Waals surface area contributed by atoms with Gasteiger partial charge < -0.3 is 10.3 Å². The summed E-state index contributed by atoms with van der Waals surface area (Å²) in [7, 11) is 0. The van der Waals surface area contributed by atoms with E-state index in [0.717, 1.165) is 0 Å². The van der Waals surface area contributed by atoms with Crippen LogP contribution in [0, 0.1) is 52.6 Å². The summed E-state index contributed by atoms with van der Waals surface area (Å²) < 4.78 is 0. The second kappa shape index (κ2) is 10.9. The molecule has 5 heterocycles. The van der Waals surface area contributed by atoms with Crippen LogP contribution in [0.25, 0.3) is 0 Å². The molecule has 0 spiro atoms. The van der Waals surface area contributed by atoms with E-state index in [0.29, 0.717) is 72.0 Å². The lowest BCUT2D eigenvalue weighted by Gasteiger charge is -2.47. The molecule has 16 atom stereocenters. The number of hydrogen-bond acceptors (Lipinski definition) is 9. The van der Waals surface area contributed by atoms with Crippen molar-refractivity contribution < 1.29 is 0 Å². The van der Waals surface area contributed by atoms with Crippen LogP contribution < -0.4 is 37.2 Å².